The van der Waals surface area contributed by atoms with Crippen LogP contribution in [0, 0.1) is 6.92 Å². The van der Waals surface area contributed by atoms with Gasteiger partial charge in [-0.1, -0.05) is 0 Å². The topological polar surface area (TPSA) is 31.4 Å². The van der Waals surface area contributed by atoms with Crippen LogP contribution >= 0.6 is 24.0 Å². The van der Waals surface area contributed by atoms with Gasteiger partial charge in [0.1, 0.15) is 5.01 Å². The van der Waals surface area contributed by atoms with Gasteiger partial charge < -0.3 is 9.47 Å². The predicted octanol–water partition coefficient (Wildman–Crippen LogP) is 3.96. The van der Waals surface area contributed by atoms with Crippen molar-refractivity contribution in [2.75, 3.05) is 13.7 Å². The first-order valence-electron chi connectivity index (χ1n) is 6.08. The van der Waals surface area contributed by atoms with Crippen molar-refractivity contribution in [3.63, 3.8) is 0 Å². The SMILES string of the molecule is CCOc1cc(-c2nc(C)c(CS)s2)ccc1OC. The Morgan fingerprint density at radius 1 is 1.32 bits per heavy atom. The van der Waals surface area contributed by atoms with Crippen molar-refractivity contribution < 1.29 is 9.47 Å². The second kappa shape index (κ2) is 6.30. The van der Waals surface area contributed by atoms with Crippen molar-refractivity contribution in [2.24, 2.45) is 0 Å². The molecule has 0 aliphatic heterocycles. The van der Waals surface area contributed by atoms with Gasteiger partial charge in [-0.2, -0.15) is 12.6 Å². The molecular formula is C14H17NO2S2. The summed E-state index contributed by atoms with van der Waals surface area (Å²) in [5.41, 5.74) is 2.09. The zero-order valence-corrected chi connectivity index (χ0v) is 13.0. The van der Waals surface area contributed by atoms with E-state index in [1.165, 1.54) is 4.88 Å². The standard InChI is InChI=1S/C14H17NO2S2/c1-4-17-12-7-10(5-6-11(12)16-3)14-15-9(2)13(8-18)19-14/h5-7,18H,4,8H2,1-3H3. The van der Waals surface area contributed by atoms with Gasteiger partial charge in [-0.25, -0.2) is 4.98 Å². The molecule has 0 amide bonds. The van der Waals surface area contributed by atoms with Crippen LogP contribution in [0.15, 0.2) is 18.2 Å². The third kappa shape index (κ3) is 3.04. The minimum Gasteiger partial charge on any atom is -0.493 e. The van der Waals surface area contributed by atoms with Gasteiger partial charge in [0.15, 0.2) is 11.5 Å². The molecule has 0 N–H and O–H groups in total. The fourth-order valence-electron chi connectivity index (χ4n) is 1.78. The lowest BCUT2D eigenvalue weighted by Gasteiger charge is -2.10. The van der Waals surface area contributed by atoms with Gasteiger partial charge >= 0.3 is 0 Å². The van der Waals surface area contributed by atoms with Crippen LogP contribution in [0.4, 0.5) is 0 Å². The molecule has 2 rings (SSSR count). The van der Waals surface area contributed by atoms with E-state index in [9.17, 15) is 0 Å². The Kier molecular flexibility index (Phi) is 4.71. The Morgan fingerprint density at radius 3 is 2.68 bits per heavy atom. The van der Waals surface area contributed by atoms with Crippen molar-refractivity contribution in [1.82, 2.24) is 4.98 Å². The molecule has 0 fully saturated rings. The Labute approximate surface area is 123 Å². The third-order valence-corrected chi connectivity index (χ3v) is 4.48. The molecule has 0 saturated heterocycles. The van der Waals surface area contributed by atoms with Crippen LogP contribution in [0.25, 0.3) is 10.6 Å². The monoisotopic (exact) mass is 295 g/mol. The number of nitrogens with zero attached hydrogens (tertiary/aromatic N) is 1. The molecule has 0 spiro atoms. The smallest absolute Gasteiger partial charge is 0.161 e. The maximum Gasteiger partial charge on any atom is 0.161 e. The van der Waals surface area contributed by atoms with E-state index in [0.29, 0.717) is 6.61 Å². The molecule has 3 nitrogen and oxygen atoms in total. The van der Waals surface area contributed by atoms with Gasteiger partial charge in [-0.05, 0) is 32.0 Å². The largest absolute Gasteiger partial charge is 0.493 e. The van der Waals surface area contributed by atoms with E-state index in [2.05, 4.69) is 17.6 Å². The number of thiol groups is 1. The van der Waals surface area contributed by atoms with E-state index in [1.54, 1.807) is 18.4 Å². The maximum atomic E-state index is 5.59. The first-order valence-corrected chi connectivity index (χ1v) is 7.52. The molecule has 0 radical (unpaired) electrons. The summed E-state index contributed by atoms with van der Waals surface area (Å²) >= 11 is 5.99. The number of aromatic nitrogens is 1. The Morgan fingerprint density at radius 2 is 2.11 bits per heavy atom. The van der Waals surface area contributed by atoms with E-state index in [4.69, 9.17) is 9.47 Å². The minimum absolute atomic E-state index is 0.610. The molecule has 2 aromatic rings. The van der Waals surface area contributed by atoms with Gasteiger partial charge in [0.05, 0.1) is 19.4 Å². The van der Waals surface area contributed by atoms with Crippen molar-refractivity contribution in [2.45, 2.75) is 19.6 Å². The molecule has 0 bridgehead atoms. The summed E-state index contributed by atoms with van der Waals surface area (Å²) in [5, 5.41) is 0.991. The number of benzene rings is 1. The molecule has 0 unspecified atom stereocenters. The first-order chi connectivity index (χ1) is 9.19. The van der Waals surface area contributed by atoms with E-state index >= 15 is 0 Å². The highest BCUT2D eigenvalue weighted by atomic mass is 32.1. The molecular weight excluding hydrogens is 278 g/mol. The lowest BCUT2D eigenvalue weighted by Crippen LogP contribution is -1.95. The van der Waals surface area contributed by atoms with Gasteiger partial charge in [0.2, 0.25) is 0 Å². The number of rotatable bonds is 5. The number of methoxy groups -OCH3 is 1. The third-order valence-electron chi connectivity index (χ3n) is 2.75. The highest BCUT2D eigenvalue weighted by Crippen LogP contribution is 2.35. The fourth-order valence-corrected chi connectivity index (χ4v) is 3.12. The lowest BCUT2D eigenvalue weighted by molar-refractivity contribution is 0.311. The summed E-state index contributed by atoms with van der Waals surface area (Å²) in [4.78, 5) is 5.78. The minimum atomic E-state index is 0.610. The van der Waals surface area contributed by atoms with E-state index in [1.807, 2.05) is 32.0 Å². The fraction of sp³-hybridized carbons (Fsp3) is 0.357. The number of thiazole rings is 1. The van der Waals surface area contributed by atoms with Crippen molar-refractivity contribution >= 4 is 24.0 Å². The summed E-state index contributed by atoms with van der Waals surface area (Å²) in [6.45, 7) is 4.58. The molecule has 0 aliphatic carbocycles. The van der Waals surface area contributed by atoms with E-state index < -0.39 is 0 Å². The Hall–Kier alpha value is -1.20. The summed E-state index contributed by atoms with van der Waals surface area (Å²) in [5.74, 6) is 2.22. The quantitative estimate of drug-likeness (QED) is 0.847. The molecule has 0 atom stereocenters. The van der Waals surface area contributed by atoms with Crippen molar-refractivity contribution in [3.8, 4) is 22.1 Å². The average Bonchev–Trinajstić information content (AvgIpc) is 2.80. The molecule has 0 saturated carbocycles. The Balaban J connectivity index is 2.41. The molecule has 102 valence electrons. The lowest BCUT2D eigenvalue weighted by atomic mass is 10.2. The maximum absolute atomic E-state index is 5.59. The van der Waals surface area contributed by atoms with Gasteiger partial charge in [-0.3, -0.25) is 0 Å². The van der Waals surface area contributed by atoms with Crippen LogP contribution in [0.5, 0.6) is 11.5 Å². The van der Waals surface area contributed by atoms with E-state index in [-0.39, 0.29) is 0 Å². The van der Waals surface area contributed by atoms with E-state index in [0.717, 1.165) is 33.5 Å². The van der Waals surface area contributed by atoms with Crippen LogP contribution in [0.1, 0.15) is 17.5 Å². The van der Waals surface area contributed by atoms with Crippen molar-refractivity contribution in [1.29, 1.82) is 0 Å². The van der Waals surface area contributed by atoms with Crippen LogP contribution in [0.3, 0.4) is 0 Å². The summed E-state index contributed by atoms with van der Waals surface area (Å²) in [6, 6.07) is 5.89. The van der Waals surface area contributed by atoms with Crippen LogP contribution in [-0.2, 0) is 5.75 Å². The summed E-state index contributed by atoms with van der Waals surface area (Å²) in [7, 11) is 1.64. The molecule has 1 heterocycles. The van der Waals surface area contributed by atoms with Gasteiger partial charge in [0.25, 0.3) is 0 Å². The predicted molar refractivity (Wildman–Crippen MR) is 82.7 cm³/mol. The van der Waals surface area contributed by atoms with Crippen LogP contribution in [0.2, 0.25) is 0 Å². The normalized spacial score (nSPS) is 10.5. The number of hydrogen-bond acceptors (Lipinski definition) is 5. The van der Waals surface area contributed by atoms with Crippen LogP contribution < -0.4 is 9.47 Å². The molecule has 19 heavy (non-hydrogen) atoms. The second-order valence-electron chi connectivity index (χ2n) is 3.98. The molecule has 5 heteroatoms. The average molecular weight is 295 g/mol. The molecule has 0 aliphatic rings. The highest BCUT2D eigenvalue weighted by molar-refractivity contribution is 7.79. The summed E-state index contributed by atoms with van der Waals surface area (Å²) < 4.78 is 10.9. The molecule has 1 aromatic carbocycles. The highest BCUT2D eigenvalue weighted by Gasteiger charge is 2.11. The molecule has 1 aromatic heterocycles. The number of aryl methyl sites for hydroxylation is 1. The van der Waals surface area contributed by atoms with Gasteiger partial charge in [0, 0.05) is 16.2 Å². The zero-order chi connectivity index (χ0) is 13.8. The first kappa shape index (κ1) is 14.2. The zero-order valence-electron chi connectivity index (χ0n) is 11.3. The number of hydrogen-bond donors (Lipinski definition) is 1. The van der Waals surface area contributed by atoms with Crippen LogP contribution in [-0.4, -0.2) is 18.7 Å². The second-order valence-corrected chi connectivity index (χ2v) is 5.38. The summed E-state index contributed by atoms with van der Waals surface area (Å²) in [6.07, 6.45) is 0. The Bertz CT molecular complexity index is 567. The number of ether oxygens (including phenoxy) is 2. The van der Waals surface area contributed by atoms with Crippen molar-refractivity contribution in [3.05, 3.63) is 28.8 Å². The van der Waals surface area contributed by atoms with Gasteiger partial charge in [-0.15, -0.1) is 11.3 Å².